The molecule has 30 heavy (non-hydrogen) atoms. The average Bonchev–Trinajstić information content (AvgIpc) is 3.32. The van der Waals surface area contributed by atoms with Crippen LogP contribution in [-0.4, -0.2) is 26.5 Å². The number of aromatic nitrogens is 2. The van der Waals surface area contributed by atoms with E-state index >= 15 is 0 Å². The number of carbonyl (C=O) groups is 1. The van der Waals surface area contributed by atoms with Crippen LogP contribution >= 0.6 is 0 Å². The SMILES string of the molecule is CC(C)NC(=O)N(Cc1ccco1)Cc1nccn1Cc1ccccc1C(F)(F)F. The fourth-order valence-electron chi connectivity index (χ4n) is 3.05. The fourth-order valence-corrected chi connectivity index (χ4v) is 3.05. The van der Waals surface area contributed by atoms with Gasteiger partial charge in [0.25, 0.3) is 0 Å². The minimum atomic E-state index is -4.44. The Bertz CT molecular complexity index is 965. The number of hydrogen-bond acceptors (Lipinski definition) is 3. The molecule has 0 fully saturated rings. The summed E-state index contributed by atoms with van der Waals surface area (Å²) in [5.74, 6) is 1.06. The van der Waals surface area contributed by atoms with Crippen molar-refractivity contribution >= 4 is 6.03 Å². The number of rotatable bonds is 7. The smallest absolute Gasteiger partial charge is 0.416 e. The summed E-state index contributed by atoms with van der Waals surface area (Å²) in [6, 6.07) is 8.53. The van der Waals surface area contributed by atoms with Gasteiger partial charge in [0, 0.05) is 25.0 Å². The fraction of sp³-hybridized carbons (Fsp3) is 0.333. The van der Waals surface area contributed by atoms with Gasteiger partial charge in [-0.25, -0.2) is 9.78 Å². The summed E-state index contributed by atoms with van der Waals surface area (Å²) in [7, 11) is 0. The molecule has 3 rings (SSSR count). The van der Waals surface area contributed by atoms with Gasteiger partial charge < -0.3 is 19.2 Å². The molecule has 0 aliphatic carbocycles. The number of carbonyl (C=O) groups excluding carboxylic acids is 1. The number of nitrogens with zero attached hydrogens (tertiary/aromatic N) is 3. The van der Waals surface area contributed by atoms with Crippen molar-refractivity contribution in [3.05, 3.63) is 77.8 Å². The van der Waals surface area contributed by atoms with Crippen LogP contribution < -0.4 is 5.32 Å². The van der Waals surface area contributed by atoms with Crippen LogP contribution in [0.2, 0.25) is 0 Å². The normalized spacial score (nSPS) is 11.7. The standard InChI is InChI=1S/C21H23F3N4O2/c1-15(2)26-20(29)28(13-17-7-5-11-30-17)14-19-25-9-10-27(19)12-16-6-3-4-8-18(16)21(22,23)24/h3-11,15H,12-14H2,1-2H3,(H,26,29). The maximum absolute atomic E-state index is 13.3. The molecule has 6 nitrogen and oxygen atoms in total. The van der Waals surface area contributed by atoms with Crippen LogP contribution in [-0.2, 0) is 25.8 Å². The molecule has 1 N–H and O–H groups in total. The number of urea groups is 1. The summed E-state index contributed by atoms with van der Waals surface area (Å²) < 4.78 is 46.9. The lowest BCUT2D eigenvalue weighted by Gasteiger charge is -2.24. The van der Waals surface area contributed by atoms with Gasteiger partial charge in [-0.05, 0) is 37.6 Å². The van der Waals surface area contributed by atoms with Gasteiger partial charge in [-0.15, -0.1) is 0 Å². The zero-order chi connectivity index (χ0) is 21.7. The van der Waals surface area contributed by atoms with Crippen molar-refractivity contribution in [3.63, 3.8) is 0 Å². The molecule has 0 atom stereocenters. The third-order valence-electron chi connectivity index (χ3n) is 4.42. The molecule has 0 bridgehead atoms. The quantitative estimate of drug-likeness (QED) is 0.605. The first kappa shape index (κ1) is 21.5. The third-order valence-corrected chi connectivity index (χ3v) is 4.42. The van der Waals surface area contributed by atoms with E-state index in [-0.39, 0.29) is 37.3 Å². The van der Waals surface area contributed by atoms with Crippen LogP contribution in [0.4, 0.5) is 18.0 Å². The highest BCUT2D eigenvalue weighted by atomic mass is 19.4. The Morgan fingerprint density at radius 3 is 2.63 bits per heavy atom. The maximum Gasteiger partial charge on any atom is 0.416 e. The molecule has 2 aromatic heterocycles. The Morgan fingerprint density at radius 2 is 1.97 bits per heavy atom. The first-order valence-corrected chi connectivity index (χ1v) is 9.47. The number of halogens is 3. The number of amides is 2. The van der Waals surface area contributed by atoms with Crippen molar-refractivity contribution < 1.29 is 22.4 Å². The van der Waals surface area contributed by atoms with E-state index in [1.807, 2.05) is 13.8 Å². The summed E-state index contributed by atoms with van der Waals surface area (Å²) in [5.41, 5.74) is -0.553. The zero-order valence-electron chi connectivity index (χ0n) is 16.7. The molecule has 3 aromatic rings. The number of imidazole rings is 1. The summed E-state index contributed by atoms with van der Waals surface area (Å²) in [5, 5.41) is 2.83. The highest BCUT2D eigenvalue weighted by Crippen LogP contribution is 2.32. The van der Waals surface area contributed by atoms with Crippen LogP contribution in [0.3, 0.4) is 0 Å². The minimum Gasteiger partial charge on any atom is -0.467 e. The molecule has 0 saturated heterocycles. The molecule has 0 radical (unpaired) electrons. The highest BCUT2D eigenvalue weighted by molar-refractivity contribution is 5.74. The van der Waals surface area contributed by atoms with E-state index < -0.39 is 11.7 Å². The molecule has 0 unspecified atom stereocenters. The van der Waals surface area contributed by atoms with Crippen LogP contribution in [0.15, 0.2) is 59.5 Å². The Morgan fingerprint density at radius 1 is 1.20 bits per heavy atom. The van der Waals surface area contributed by atoms with Crippen LogP contribution in [0.5, 0.6) is 0 Å². The number of alkyl halides is 3. The lowest BCUT2D eigenvalue weighted by Crippen LogP contribution is -2.42. The van der Waals surface area contributed by atoms with Crippen LogP contribution in [0, 0.1) is 0 Å². The van der Waals surface area contributed by atoms with E-state index in [4.69, 9.17) is 4.42 Å². The van der Waals surface area contributed by atoms with Gasteiger partial charge in [-0.3, -0.25) is 0 Å². The first-order chi connectivity index (χ1) is 14.2. The molecule has 0 aliphatic rings. The first-order valence-electron chi connectivity index (χ1n) is 9.47. The molecule has 2 heterocycles. The molecule has 9 heteroatoms. The second-order valence-corrected chi connectivity index (χ2v) is 7.17. The second-order valence-electron chi connectivity index (χ2n) is 7.17. The summed E-state index contributed by atoms with van der Waals surface area (Å²) in [6.45, 7) is 4.00. The average molecular weight is 420 g/mol. The van der Waals surface area contributed by atoms with Crippen LogP contribution in [0.1, 0.15) is 36.6 Å². The van der Waals surface area contributed by atoms with Crippen molar-refractivity contribution in [1.82, 2.24) is 19.8 Å². The van der Waals surface area contributed by atoms with E-state index in [1.165, 1.54) is 29.5 Å². The zero-order valence-corrected chi connectivity index (χ0v) is 16.7. The monoisotopic (exact) mass is 420 g/mol. The van der Waals surface area contributed by atoms with E-state index in [9.17, 15) is 18.0 Å². The number of hydrogen-bond donors (Lipinski definition) is 1. The molecule has 0 saturated carbocycles. The van der Waals surface area contributed by atoms with Gasteiger partial charge in [-0.2, -0.15) is 13.2 Å². The second kappa shape index (κ2) is 9.06. The Labute approximate surface area is 172 Å². The van der Waals surface area contributed by atoms with Gasteiger partial charge in [0.2, 0.25) is 0 Å². The van der Waals surface area contributed by atoms with Gasteiger partial charge in [0.05, 0.1) is 24.9 Å². The molecule has 1 aromatic carbocycles. The van der Waals surface area contributed by atoms with E-state index in [1.54, 1.807) is 29.0 Å². The maximum atomic E-state index is 13.3. The lowest BCUT2D eigenvalue weighted by molar-refractivity contribution is -0.138. The predicted molar refractivity (Wildman–Crippen MR) is 104 cm³/mol. The Kier molecular flexibility index (Phi) is 6.49. The van der Waals surface area contributed by atoms with Crippen molar-refractivity contribution in [2.45, 2.75) is 45.7 Å². The van der Waals surface area contributed by atoms with E-state index in [0.29, 0.717) is 11.6 Å². The molecular weight excluding hydrogens is 397 g/mol. The van der Waals surface area contributed by atoms with Gasteiger partial charge in [0.1, 0.15) is 11.6 Å². The number of benzene rings is 1. The molecule has 160 valence electrons. The molecule has 0 spiro atoms. The van der Waals surface area contributed by atoms with Gasteiger partial charge in [0.15, 0.2) is 0 Å². The number of nitrogens with one attached hydrogen (secondary N) is 1. The predicted octanol–water partition coefficient (Wildman–Crippen LogP) is 4.66. The van der Waals surface area contributed by atoms with Crippen molar-refractivity contribution in [1.29, 1.82) is 0 Å². The van der Waals surface area contributed by atoms with Gasteiger partial charge in [-0.1, -0.05) is 18.2 Å². The van der Waals surface area contributed by atoms with Gasteiger partial charge >= 0.3 is 12.2 Å². The van der Waals surface area contributed by atoms with Crippen LogP contribution in [0.25, 0.3) is 0 Å². The molecule has 2 amide bonds. The molecule has 0 aliphatic heterocycles. The van der Waals surface area contributed by atoms with Crippen molar-refractivity contribution in [2.24, 2.45) is 0 Å². The van der Waals surface area contributed by atoms with Crippen molar-refractivity contribution in [3.8, 4) is 0 Å². The minimum absolute atomic E-state index is 0.00852. The van der Waals surface area contributed by atoms with E-state index in [2.05, 4.69) is 10.3 Å². The highest BCUT2D eigenvalue weighted by Gasteiger charge is 2.33. The lowest BCUT2D eigenvalue weighted by atomic mass is 10.1. The Hall–Kier alpha value is -3.23. The van der Waals surface area contributed by atoms with E-state index in [0.717, 1.165) is 6.07 Å². The Balaban J connectivity index is 1.83. The van der Waals surface area contributed by atoms with Crippen molar-refractivity contribution in [2.75, 3.05) is 0 Å². The largest absolute Gasteiger partial charge is 0.467 e. The molecular formula is C21H23F3N4O2. The number of furan rings is 1. The summed E-state index contributed by atoms with van der Waals surface area (Å²) in [6.07, 6.45) is 0.188. The summed E-state index contributed by atoms with van der Waals surface area (Å²) >= 11 is 0. The third kappa shape index (κ3) is 5.43. The summed E-state index contributed by atoms with van der Waals surface area (Å²) in [4.78, 5) is 18.4. The topological polar surface area (TPSA) is 63.3 Å².